The minimum atomic E-state index is -0.675. The molecule has 7 heteroatoms. The average Bonchev–Trinajstić information content (AvgIpc) is 3.18. The topological polar surface area (TPSA) is 87.0 Å². The third kappa shape index (κ3) is 4.17. The fraction of sp³-hybridized carbons (Fsp3) is 0.368. The number of carbonyl (C=O) groups excluding carboxylic acids is 2. The van der Waals surface area contributed by atoms with Crippen LogP contribution in [-0.4, -0.2) is 31.7 Å². The number of rotatable bonds is 6. The van der Waals surface area contributed by atoms with Crippen LogP contribution in [0.5, 0.6) is 11.5 Å². The molecule has 7 nitrogen and oxygen atoms in total. The SMILES string of the molecule is CC(C)[C@@H](NC(=O)COC(=O)c1ccco1)c1ccc2c(c1)OCCO2. The van der Waals surface area contributed by atoms with Gasteiger partial charge in [0.1, 0.15) is 13.2 Å². The van der Waals surface area contributed by atoms with Gasteiger partial charge in [0.2, 0.25) is 5.76 Å². The molecule has 0 unspecified atom stereocenters. The standard InChI is InChI=1S/C19H21NO6/c1-12(2)18(13-5-6-14-16(10-13)25-9-8-24-14)20-17(21)11-26-19(22)15-4-3-7-23-15/h3-7,10,12,18H,8-9,11H2,1-2H3,(H,20,21)/t18-/m1/s1. The summed E-state index contributed by atoms with van der Waals surface area (Å²) in [5, 5.41) is 2.90. The molecule has 0 radical (unpaired) electrons. The van der Waals surface area contributed by atoms with Crippen molar-refractivity contribution in [2.24, 2.45) is 5.92 Å². The number of esters is 1. The predicted octanol–water partition coefficient (Wildman–Crippen LogP) is 2.72. The number of hydrogen-bond donors (Lipinski definition) is 1. The largest absolute Gasteiger partial charge is 0.486 e. The van der Waals surface area contributed by atoms with Gasteiger partial charge >= 0.3 is 5.97 Å². The molecule has 0 aliphatic carbocycles. The van der Waals surface area contributed by atoms with Crippen molar-refractivity contribution >= 4 is 11.9 Å². The van der Waals surface area contributed by atoms with Crippen molar-refractivity contribution in [3.63, 3.8) is 0 Å². The van der Waals surface area contributed by atoms with Gasteiger partial charge in [0, 0.05) is 0 Å². The minimum absolute atomic E-state index is 0.0602. The number of carbonyl (C=O) groups is 2. The normalized spacial score (nSPS) is 14.0. The van der Waals surface area contributed by atoms with Crippen molar-refractivity contribution in [1.29, 1.82) is 0 Å². The predicted molar refractivity (Wildman–Crippen MR) is 92.1 cm³/mol. The van der Waals surface area contributed by atoms with E-state index in [1.807, 2.05) is 32.0 Å². The first kappa shape index (κ1) is 17.8. The summed E-state index contributed by atoms with van der Waals surface area (Å²) in [6.45, 7) is 4.64. The highest BCUT2D eigenvalue weighted by molar-refractivity contribution is 5.88. The molecule has 0 fully saturated rings. The number of fused-ring (bicyclic) bond motifs is 1. The van der Waals surface area contributed by atoms with Crippen LogP contribution < -0.4 is 14.8 Å². The summed E-state index contributed by atoms with van der Waals surface area (Å²) in [6, 6.07) is 8.41. The third-order valence-corrected chi connectivity index (χ3v) is 3.97. The smallest absolute Gasteiger partial charge is 0.374 e. The Morgan fingerprint density at radius 1 is 1.15 bits per heavy atom. The van der Waals surface area contributed by atoms with E-state index in [-0.39, 0.29) is 24.3 Å². The Bertz CT molecular complexity index is 768. The van der Waals surface area contributed by atoms with Gasteiger partial charge in [-0.05, 0) is 35.7 Å². The number of furan rings is 1. The number of hydrogen-bond acceptors (Lipinski definition) is 6. The Morgan fingerprint density at radius 2 is 1.92 bits per heavy atom. The summed E-state index contributed by atoms with van der Waals surface area (Å²) >= 11 is 0. The van der Waals surface area contributed by atoms with Gasteiger partial charge in [0.25, 0.3) is 5.91 Å². The van der Waals surface area contributed by atoms with E-state index in [2.05, 4.69) is 5.32 Å². The lowest BCUT2D eigenvalue weighted by molar-refractivity contribution is -0.125. The summed E-state index contributed by atoms with van der Waals surface area (Å²) in [5.74, 6) is 0.482. The Kier molecular flexibility index (Phi) is 5.46. The number of nitrogens with one attached hydrogen (secondary N) is 1. The third-order valence-electron chi connectivity index (χ3n) is 3.97. The molecule has 0 saturated heterocycles. The lowest BCUT2D eigenvalue weighted by Crippen LogP contribution is -2.35. The molecule has 1 amide bonds. The zero-order chi connectivity index (χ0) is 18.5. The summed E-state index contributed by atoms with van der Waals surface area (Å²) in [5.41, 5.74) is 0.898. The molecule has 0 bridgehead atoms. The van der Waals surface area contributed by atoms with Crippen LogP contribution in [0.2, 0.25) is 0 Å². The van der Waals surface area contributed by atoms with Crippen LogP contribution in [0.15, 0.2) is 41.0 Å². The summed E-state index contributed by atoms with van der Waals surface area (Å²) in [6.07, 6.45) is 1.37. The maximum atomic E-state index is 12.2. The lowest BCUT2D eigenvalue weighted by Gasteiger charge is -2.25. The van der Waals surface area contributed by atoms with E-state index < -0.39 is 11.9 Å². The van der Waals surface area contributed by atoms with E-state index in [0.29, 0.717) is 24.7 Å². The Hall–Kier alpha value is -2.96. The highest BCUT2D eigenvalue weighted by atomic mass is 16.6. The molecule has 2 heterocycles. The molecule has 0 spiro atoms. The summed E-state index contributed by atoms with van der Waals surface area (Å²) < 4.78 is 21.0. The molecule has 1 N–H and O–H groups in total. The van der Waals surface area contributed by atoms with Crippen LogP contribution in [0.3, 0.4) is 0 Å². The van der Waals surface area contributed by atoms with Crippen LogP contribution in [0.4, 0.5) is 0 Å². The number of amides is 1. The van der Waals surface area contributed by atoms with Gasteiger partial charge in [0.05, 0.1) is 12.3 Å². The van der Waals surface area contributed by atoms with Crippen molar-refractivity contribution in [2.45, 2.75) is 19.9 Å². The molecular formula is C19H21NO6. The van der Waals surface area contributed by atoms with Gasteiger partial charge in [-0.1, -0.05) is 19.9 Å². The van der Waals surface area contributed by atoms with Crippen LogP contribution >= 0.6 is 0 Å². The molecule has 3 rings (SSSR count). The van der Waals surface area contributed by atoms with Crippen LogP contribution in [0.25, 0.3) is 0 Å². The first-order valence-electron chi connectivity index (χ1n) is 8.44. The maximum Gasteiger partial charge on any atom is 0.374 e. The van der Waals surface area contributed by atoms with Crippen molar-refractivity contribution in [3.05, 3.63) is 47.9 Å². The number of ether oxygens (including phenoxy) is 3. The van der Waals surface area contributed by atoms with Gasteiger partial charge in [-0.15, -0.1) is 0 Å². The molecule has 2 aromatic rings. The fourth-order valence-electron chi connectivity index (χ4n) is 2.70. The monoisotopic (exact) mass is 359 g/mol. The van der Waals surface area contributed by atoms with Crippen LogP contribution in [-0.2, 0) is 9.53 Å². The molecule has 1 aliphatic heterocycles. The fourth-order valence-corrected chi connectivity index (χ4v) is 2.70. The zero-order valence-corrected chi connectivity index (χ0v) is 14.7. The van der Waals surface area contributed by atoms with Crippen molar-refractivity contribution in [1.82, 2.24) is 5.32 Å². The zero-order valence-electron chi connectivity index (χ0n) is 14.7. The number of benzene rings is 1. The first-order chi connectivity index (χ1) is 12.5. The maximum absolute atomic E-state index is 12.2. The Morgan fingerprint density at radius 3 is 2.62 bits per heavy atom. The van der Waals surface area contributed by atoms with Gasteiger partial charge in [-0.3, -0.25) is 4.79 Å². The Labute approximate surface area is 151 Å². The van der Waals surface area contributed by atoms with Crippen molar-refractivity contribution in [3.8, 4) is 11.5 Å². The van der Waals surface area contributed by atoms with Crippen LogP contribution in [0, 0.1) is 5.92 Å². The highest BCUT2D eigenvalue weighted by Crippen LogP contribution is 2.34. The molecule has 1 aromatic heterocycles. The molecule has 0 saturated carbocycles. The van der Waals surface area contributed by atoms with Gasteiger partial charge in [0.15, 0.2) is 18.1 Å². The second-order valence-corrected chi connectivity index (χ2v) is 6.25. The van der Waals surface area contributed by atoms with E-state index >= 15 is 0 Å². The van der Waals surface area contributed by atoms with E-state index in [0.717, 1.165) is 5.56 Å². The van der Waals surface area contributed by atoms with Crippen molar-refractivity contribution < 1.29 is 28.2 Å². The first-order valence-corrected chi connectivity index (χ1v) is 8.44. The lowest BCUT2D eigenvalue weighted by atomic mass is 9.95. The molecular weight excluding hydrogens is 338 g/mol. The second-order valence-electron chi connectivity index (χ2n) is 6.25. The second kappa shape index (κ2) is 7.95. The van der Waals surface area contributed by atoms with Gasteiger partial charge in [-0.25, -0.2) is 4.79 Å². The van der Waals surface area contributed by atoms with Gasteiger partial charge < -0.3 is 23.9 Å². The van der Waals surface area contributed by atoms with Crippen LogP contribution in [0.1, 0.15) is 36.0 Å². The molecule has 1 atom stereocenters. The summed E-state index contributed by atoms with van der Waals surface area (Å²) in [4.78, 5) is 24.0. The minimum Gasteiger partial charge on any atom is -0.486 e. The average molecular weight is 359 g/mol. The van der Waals surface area contributed by atoms with E-state index in [1.165, 1.54) is 12.3 Å². The highest BCUT2D eigenvalue weighted by Gasteiger charge is 2.22. The van der Waals surface area contributed by atoms with E-state index in [1.54, 1.807) is 6.07 Å². The quantitative estimate of drug-likeness (QED) is 0.798. The van der Waals surface area contributed by atoms with E-state index in [4.69, 9.17) is 18.6 Å². The Balaban J connectivity index is 1.63. The molecule has 1 aromatic carbocycles. The molecule has 1 aliphatic rings. The molecule has 26 heavy (non-hydrogen) atoms. The summed E-state index contributed by atoms with van der Waals surface area (Å²) in [7, 11) is 0. The van der Waals surface area contributed by atoms with E-state index in [9.17, 15) is 9.59 Å². The van der Waals surface area contributed by atoms with Gasteiger partial charge in [-0.2, -0.15) is 0 Å². The van der Waals surface area contributed by atoms with Crippen molar-refractivity contribution in [2.75, 3.05) is 19.8 Å². The molecule has 138 valence electrons.